The molecule has 21 heavy (non-hydrogen) atoms. The second-order valence-corrected chi connectivity index (χ2v) is 4.95. The van der Waals surface area contributed by atoms with Gasteiger partial charge in [-0.25, -0.2) is 9.78 Å². The van der Waals surface area contributed by atoms with Gasteiger partial charge in [0.25, 0.3) is 5.91 Å². The monoisotopic (exact) mass is 327 g/mol. The zero-order chi connectivity index (χ0) is 15.6. The van der Waals surface area contributed by atoms with Crippen LogP contribution >= 0.6 is 22.9 Å². The number of aromatic carboxylic acids is 1. The molecule has 0 saturated heterocycles. The van der Waals surface area contributed by atoms with Gasteiger partial charge in [0.2, 0.25) is 5.15 Å². The first-order chi connectivity index (χ1) is 9.91. The molecule has 0 fully saturated rings. The number of carbonyl (C=O) groups excluding carboxylic acids is 1. The minimum Gasteiger partial charge on any atom is -0.478 e. The number of nitrogens with one attached hydrogen (secondary N) is 1. The van der Waals surface area contributed by atoms with Crippen molar-refractivity contribution in [2.24, 2.45) is 0 Å². The number of pyridine rings is 1. The molecule has 0 spiro atoms. The van der Waals surface area contributed by atoms with E-state index in [4.69, 9.17) is 16.7 Å². The van der Waals surface area contributed by atoms with E-state index in [0.29, 0.717) is 0 Å². The fraction of sp³-hybridized carbons (Fsp3) is 0. The van der Waals surface area contributed by atoms with Crippen molar-refractivity contribution in [3.63, 3.8) is 0 Å². The summed E-state index contributed by atoms with van der Waals surface area (Å²) in [7, 11) is 0. The van der Waals surface area contributed by atoms with E-state index in [0.717, 1.165) is 23.6 Å². The van der Waals surface area contributed by atoms with Crippen molar-refractivity contribution in [2.45, 2.75) is 0 Å². The molecule has 0 aliphatic heterocycles. The number of carboxylic acids is 1. The van der Waals surface area contributed by atoms with Gasteiger partial charge in [-0.15, -0.1) is 11.3 Å². The lowest BCUT2D eigenvalue weighted by Crippen LogP contribution is -2.15. The largest absolute Gasteiger partial charge is 0.478 e. The summed E-state index contributed by atoms with van der Waals surface area (Å²) in [6.07, 6.45) is 1.15. The number of amides is 1. The van der Waals surface area contributed by atoms with Crippen LogP contribution in [0.15, 0.2) is 23.7 Å². The van der Waals surface area contributed by atoms with Crippen LogP contribution in [0.25, 0.3) is 0 Å². The van der Waals surface area contributed by atoms with Gasteiger partial charge in [-0.1, -0.05) is 11.6 Å². The highest BCUT2D eigenvalue weighted by Gasteiger charge is 2.26. The summed E-state index contributed by atoms with van der Waals surface area (Å²) in [6, 6.07) is 2.45. The molecule has 0 unspecified atom stereocenters. The summed E-state index contributed by atoms with van der Waals surface area (Å²) in [6.45, 7) is 0. The maximum absolute atomic E-state index is 12.1. The first-order valence-electron chi connectivity index (χ1n) is 5.33. The van der Waals surface area contributed by atoms with Gasteiger partial charge in [0.05, 0.1) is 10.5 Å². The molecular weight excluding hydrogens is 322 g/mol. The predicted molar refractivity (Wildman–Crippen MR) is 75.1 cm³/mol. The SMILES string of the molecule is O=C(O)c1ccsc1NC(=O)c1ccnc(Cl)c1[N+](=O)[O-]. The summed E-state index contributed by atoms with van der Waals surface area (Å²) >= 11 is 6.60. The molecule has 2 heterocycles. The third-order valence-electron chi connectivity index (χ3n) is 2.43. The highest BCUT2D eigenvalue weighted by Crippen LogP contribution is 2.28. The molecule has 0 atom stereocenters. The Morgan fingerprint density at radius 1 is 1.38 bits per heavy atom. The Labute approximate surface area is 126 Å². The van der Waals surface area contributed by atoms with Gasteiger partial charge < -0.3 is 10.4 Å². The second-order valence-electron chi connectivity index (χ2n) is 3.68. The lowest BCUT2D eigenvalue weighted by Gasteiger charge is -2.05. The van der Waals surface area contributed by atoms with Crippen LogP contribution < -0.4 is 5.32 Å². The average molecular weight is 328 g/mol. The molecule has 0 radical (unpaired) electrons. The van der Waals surface area contributed by atoms with Gasteiger partial charge in [0.15, 0.2) is 0 Å². The Morgan fingerprint density at radius 2 is 2.10 bits per heavy atom. The second kappa shape index (κ2) is 5.85. The van der Waals surface area contributed by atoms with Gasteiger partial charge in [-0.3, -0.25) is 14.9 Å². The molecule has 2 rings (SSSR count). The number of aromatic nitrogens is 1. The van der Waals surface area contributed by atoms with E-state index in [1.165, 1.54) is 11.4 Å². The number of hydrogen-bond donors (Lipinski definition) is 2. The standard InChI is InChI=1S/C11H6ClN3O5S/c12-8-7(15(19)20)5(1-3-13-8)9(16)14-10-6(11(17)18)2-4-21-10/h1-4H,(H,14,16)(H,17,18). The predicted octanol–water partition coefficient (Wildman–Crippen LogP) is 2.66. The third kappa shape index (κ3) is 2.98. The van der Waals surface area contributed by atoms with Crippen molar-refractivity contribution in [2.75, 3.05) is 5.32 Å². The van der Waals surface area contributed by atoms with Gasteiger partial charge in [-0.2, -0.15) is 0 Å². The molecule has 0 aliphatic carbocycles. The highest BCUT2D eigenvalue weighted by molar-refractivity contribution is 7.14. The molecule has 2 aromatic heterocycles. The van der Waals surface area contributed by atoms with Crippen LogP contribution in [0.2, 0.25) is 5.15 Å². The van der Waals surface area contributed by atoms with Crippen molar-refractivity contribution >= 4 is 45.5 Å². The number of nitrogens with zero attached hydrogens (tertiary/aromatic N) is 2. The van der Waals surface area contributed by atoms with E-state index in [1.807, 2.05) is 0 Å². The lowest BCUT2D eigenvalue weighted by molar-refractivity contribution is -0.385. The van der Waals surface area contributed by atoms with E-state index >= 15 is 0 Å². The molecule has 0 bridgehead atoms. The third-order valence-corrected chi connectivity index (χ3v) is 3.54. The molecule has 108 valence electrons. The summed E-state index contributed by atoms with van der Waals surface area (Å²) in [4.78, 5) is 36.7. The maximum atomic E-state index is 12.1. The number of thiophene rings is 1. The minimum atomic E-state index is -1.21. The number of carbonyl (C=O) groups is 2. The fourth-order valence-corrected chi connectivity index (χ4v) is 2.53. The van der Waals surface area contributed by atoms with Crippen LogP contribution in [0.5, 0.6) is 0 Å². The highest BCUT2D eigenvalue weighted by atomic mass is 35.5. The Hall–Kier alpha value is -2.52. The zero-order valence-corrected chi connectivity index (χ0v) is 11.6. The number of nitro groups is 1. The number of carboxylic acid groups (broad SMARTS) is 1. The summed E-state index contributed by atoms with van der Waals surface area (Å²) in [5, 5.41) is 23.3. The Balaban J connectivity index is 2.38. The molecule has 10 heteroatoms. The van der Waals surface area contributed by atoms with Gasteiger partial charge >= 0.3 is 11.7 Å². The number of rotatable bonds is 4. The lowest BCUT2D eigenvalue weighted by atomic mass is 10.2. The van der Waals surface area contributed by atoms with E-state index < -0.39 is 27.6 Å². The first-order valence-corrected chi connectivity index (χ1v) is 6.58. The average Bonchev–Trinajstić information content (AvgIpc) is 2.86. The van der Waals surface area contributed by atoms with Gasteiger partial charge in [-0.05, 0) is 17.5 Å². The molecule has 2 N–H and O–H groups in total. The number of anilines is 1. The fourth-order valence-electron chi connectivity index (χ4n) is 1.53. The van der Waals surface area contributed by atoms with E-state index in [9.17, 15) is 19.7 Å². The molecule has 0 saturated carbocycles. The minimum absolute atomic E-state index is 0.0785. The molecular formula is C11H6ClN3O5S. The molecule has 0 aliphatic rings. The quantitative estimate of drug-likeness (QED) is 0.505. The van der Waals surface area contributed by atoms with Crippen molar-refractivity contribution < 1.29 is 19.6 Å². The van der Waals surface area contributed by atoms with E-state index in [2.05, 4.69) is 10.3 Å². The van der Waals surface area contributed by atoms with Crippen LogP contribution in [0.3, 0.4) is 0 Å². The number of hydrogen-bond acceptors (Lipinski definition) is 6. The number of halogens is 1. The van der Waals surface area contributed by atoms with Crippen LogP contribution in [0, 0.1) is 10.1 Å². The Bertz CT molecular complexity index is 745. The van der Waals surface area contributed by atoms with Crippen LogP contribution in [0.1, 0.15) is 20.7 Å². The normalized spacial score (nSPS) is 10.1. The summed E-state index contributed by atoms with van der Waals surface area (Å²) < 4.78 is 0. The Kier molecular flexibility index (Phi) is 4.15. The van der Waals surface area contributed by atoms with Crippen molar-refractivity contribution in [1.82, 2.24) is 4.98 Å². The van der Waals surface area contributed by atoms with Crippen molar-refractivity contribution in [3.05, 3.63) is 50.1 Å². The van der Waals surface area contributed by atoms with E-state index in [1.54, 1.807) is 0 Å². The molecule has 8 nitrogen and oxygen atoms in total. The van der Waals surface area contributed by atoms with Crippen molar-refractivity contribution in [1.29, 1.82) is 0 Å². The van der Waals surface area contributed by atoms with Crippen LogP contribution in [0.4, 0.5) is 10.7 Å². The smallest absolute Gasteiger partial charge is 0.338 e. The summed E-state index contributed by atoms with van der Waals surface area (Å²) in [5.41, 5.74) is -1.04. The zero-order valence-electron chi connectivity index (χ0n) is 10.1. The summed E-state index contributed by atoms with van der Waals surface area (Å²) in [5.74, 6) is -2.05. The van der Waals surface area contributed by atoms with Gasteiger partial charge in [0, 0.05) is 6.20 Å². The molecule has 1 amide bonds. The van der Waals surface area contributed by atoms with Gasteiger partial charge in [0.1, 0.15) is 10.6 Å². The Morgan fingerprint density at radius 3 is 2.71 bits per heavy atom. The molecule has 2 aromatic rings. The molecule has 0 aromatic carbocycles. The topological polar surface area (TPSA) is 122 Å². The van der Waals surface area contributed by atoms with Crippen molar-refractivity contribution in [3.8, 4) is 0 Å². The van der Waals surface area contributed by atoms with E-state index in [-0.39, 0.29) is 16.1 Å². The first kappa shape index (κ1) is 14.9. The van der Waals surface area contributed by atoms with Crippen LogP contribution in [-0.2, 0) is 0 Å². The maximum Gasteiger partial charge on any atom is 0.338 e. The van der Waals surface area contributed by atoms with Crippen LogP contribution in [-0.4, -0.2) is 26.9 Å².